The highest BCUT2D eigenvalue weighted by molar-refractivity contribution is 7.08. The number of rotatable bonds is 3. The van der Waals surface area contributed by atoms with Crippen LogP contribution < -0.4 is 5.32 Å². The van der Waals surface area contributed by atoms with E-state index < -0.39 is 0 Å². The number of carbonyl (C=O) groups excluding carboxylic acids is 2. The molecule has 2 rings (SSSR count). The molecule has 20 heavy (non-hydrogen) atoms. The maximum atomic E-state index is 12.2. The van der Waals surface area contributed by atoms with Gasteiger partial charge in [-0.25, -0.2) is 0 Å². The molecule has 112 valence electrons. The number of piperazine rings is 1. The number of likely N-dealkylation sites (N-methyl/N-ethyl adjacent to an activating group) is 1. The van der Waals surface area contributed by atoms with Crippen molar-refractivity contribution in [3.05, 3.63) is 21.9 Å². The van der Waals surface area contributed by atoms with Gasteiger partial charge in [0, 0.05) is 38.6 Å². The molecule has 1 N–H and O–H groups in total. The van der Waals surface area contributed by atoms with Crippen LogP contribution in [0.2, 0.25) is 0 Å². The lowest BCUT2D eigenvalue weighted by Crippen LogP contribution is -2.49. The lowest BCUT2D eigenvalue weighted by Gasteiger charge is -2.29. The summed E-state index contributed by atoms with van der Waals surface area (Å²) in [7, 11) is 1.68. The van der Waals surface area contributed by atoms with E-state index in [9.17, 15) is 9.59 Å². The second kappa shape index (κ2) is 7.61. The van der Waals surface area contributed by atoms with Gasteiger partial charge >= 0.3 is 0 Å². The first-order chi connectivity index (χ1) is 9.09. The Labute approximate surface area is 129 Å². The zero-order valence-electron chi connectivity index (χ0n) is 11.7. The molecule has 0 spiro atoms. The fraction of sp³-hybridized carbons (Fsp3) is 0.538. The molecule has 0 unspecified atom stereocenters. The van der Waals surface area contributed by atoms with E-state index in [1.807, 2.05) is 17.7 Å². The molecular formula is C13H20ClN3O2S. The van der Waals surface area contributed by atoms with Gasteiger partial charge in [0.25, 0.3) is 5.91 Å². The lowest BCUT2D eigenvalue weighted by atomic mass is 10.2. The fourth-order valence-electron chi connectivity index (χ4n) is 2.07. The molecule has 1 aliphatic heterocycles. The van der Waals surface area contributed by atoms with Gasteiger partial charge in [0.2, 0.25) is 5.91 Å². The standard InChI is InChI=1S/C13H19N3O2S.ClH/c1-10-8-19-9-11(10)13(18)15(2)7-12(17)16-5-3-14-4-6-16;/h8-9,14H,3-7H2,1-2H3;1H. The average molecular weight is 318 g/mol. The van der Waals surface area contributed by atoms with Gasteiger partial charge in [-0.1, -0.05) is 0 Å². The Hall–Kier alpha value is -1.11. The molecule has 2 amide bonds. The summed E-state index contributed by atoms with van der Waals surface area (Å²) in [6.07, 6.45) is 0. The molecule has 7 heteroatoms. The second-order valence-corrected chi connectivity index (χ2v) is 5.50. The van der Waals surface area contributed by atoms with E-state index >= 15 is 0 Å². The van der Waals surface area contributed by atoms with E-state index in [2.05, 4.69) is 5.32 Å². The predicted octanol–water partition coefficient (Wildman–Crippen LogP) is 0.982. The summed E-state index contributed by atoms with van der Waals surface area (Å²) in [5, 5.41) is 6.98. The first-order valence-electron chi connectivity index (χ1n) is 6.36. The Kier molecular flexibility index (Phi) is 6.45. The molecule has 1 aliphatic rings. The quantitative estimate of drug-likeness (QED) is 0.904. The summed E-state index contributed by atoms with van der Waals surface area (Å²) in [4.78, 5) is 27.6. The van der Waals surface area contributed by atoms with Crippen LogP contribution in [-0.4, -0.2) is 61.4 Å². The maximum absolute atomic E-state index is 12.2. The molecule has 5 nitrogen and oxygen atoms in total. The molecule has 2 heterocycles. The van der Waals surface area contributed by atoms with Gasteiger partial charge in [-0.2, -0.15) is 11.3 Å². The van der Waals surface area contributed by atoms with Crippen LogP contribution in [0.1, 0.15) is 15.9 Å². The molecule has 0 saturated carbocycles. The van der Waals surface area contributed by atoms with E-state index in [4.69, 9.17) is 0 Å². The topological polar surface area (TPSA) is 52.7 Å². The SMILES string of the molecule is Cc1cscc1C(=O)N(C)CC(=O)N1CCNCC1.Cl. The number of halogens is 1. The Bertz CT molecular complexity index is 472. The monoisotopic (exact) mass is 317 g/mol. The summed E-state index contributed by atoms with van der Waals surface area (Å²) in [6, 6.07) is 0. The van der Waals surface area contributed by atoms with Crippen LogP contribution in [0, 0.1) is 6.92 Å². The van der Waals surface area contributed by atoms with E-state index in [0.717, 1.165) is 31.7 Å². The third-order valence-corrected chi connectivity index (χ3v) is 4.14. The number of aryl methyl sites for hydroxylation is 1. The van der Waals surface area contributed by atoms with Crippen LogP contribution in [0.25, 0.3) is 0 Å². The molecule has 1 saturated heterocycles. The molecule has 0 atom stereocenters. The van der Waals surface area contributed by atoms with E-state index in [1.165, 1.54) is 16.2 Å². The van der Waals surface area contributed by atoms with Crippen molar-refractivity contribution in [2.45, 2.75) is 6.92 Å². The van der Waals surface area contributed by atoms with Crippen LogP contribution in [-0.2, 0) is 4.79 Å². The Morgan fingerprint density at radius 2 is 2.00 bits per heavy atom. The van der Waals surface area contributed by atoms with Gasteiger partial charge in [-0.05, 0) is 17.9 Å². The molecule has 1 aromatic rings. The van der Waals surface area contributed by atoms with Gasteiger partial charge in [-0.15, -0.1) is 12.4 Å². The van der Waals surface area contributed by atoms with Gasteiger partial charge in [0.05, 0.1) is 12.1 Å². The summed E-state index contributed by atoms with van der Waals surface area (Å²) in [5.41, 5.74) is 1.66. The maximum Gasteiger partial charge on any atom is 0.255 e. The average Bonchev–Trinajstić information content (AvgIpc) is 2.85. The Morgan fingerprint density at radius 3 is 2.55 bits per heavy atom. The highest BCUT2D eigenvalue weighted by Gasteiger charge is 2.21. The van der Waals surface area contributed by atoms with Crippen LogP contribution in [0.15, 0.2) is 10.8 Å². The first kappa shape index (κ1) is 16.9. The minimum atomic E-state index is -0.0813. The summed E-state index contributed by atoms with van der Waals surface area (Å²) in [5.74, 6) is -0.0625. The van der Waals surface area contributed by atoms with E-state index in [0.29, 0.717) is 5.56 Å². The van der Waals surface area contributed by atoms with Crippen LogP contribution in [0.4, 0.5) is 0 Å². The second-order valence-electron chi connectivity index (χ2n) is 4.76. The first-order valence-corrected chi connectivity index (χ1v) is 7.30. The zero-order valence-corrected chi connectivity index (χ0v) is 13.4. The predicted molar refractivity (Wildman–Crippen MR) is 82.7 cm³/mol. The van der Waals surface area contributed by atoms with Gasteiger partial charge in [0.15, 0.2) is 0 Å². The molecule has 0 bridgehead atoms. The van der Waals surface area contributed by atoms with Gasteiger partial charge < -0.3 is 15.1 Å². The summed E-state index contributed by atoms with van der Waals surface area (Å²) < 4.78 is 0. The fourth-order valence-corrected chi connectivity index (χ4v) is 2.90. The van der Waals surface area contributed by atoms with Crippen molar-refractivity contribution in [1.29, 1.82) is 0 Å². The van der Waals surface area contributed by atoms with E-state index in [-0.39, 0.29) is 30.8 Å². The van der Waals surface area contributed by atoms with Crippen LogP contribution in [0.5, 0.6) is 0 Å². The minimum Gasteiger partial charge on any atom is -0.339 e. The highest BCUT2D eigenvalue weighted by Crippen LogP contribution is 2.15. The normalized spacial score (nSPS) is 14.6. The highest BCUT2D eigenvalue weighted by atomic mass is 35.5. The Morgan fingerprint density at radius 1 is 1.35 bits per heavy atom. The minimum absolute atomic E-state index is 0. The molecular weight excluding hydrogens is 298 g/mol. The van der Waals surface area contributed by atoms with Crippen LogP contribution >= 0.6 is 23.7 Å². The summed E-state index contributed by atoms with van der Waals surface area (Å²) >= 11 is 1.51. The number of thiophene rings is 1. The lowest BCUT2D eigenvalue weighted by molar-refractivity contribution is -0.132. The van der Waals surface area contributed by atoms with Crippen LogP contribution in [0.3, 0.4) is 0 Å². The molecule has 1 fully saturated rings. The van der Waals surface area contributed by atoms with Gasteiger partial charge in [-0.3, -0.25) is 9.59 Å². The van der Waals surface area contributed by atoms with Crippen molar-refractivity contribution in [3.8, 4) is 0 Å². The molecule has 0 aliphatic carbocycles. The third kappa shape index (κ3) is 3.94. The zero-order chi connectivity index (χ0) is 13.8. The van der Waals surface area contributed by atoms with Crippen molar-refractivity contribution < 1.29 is 9.59 Å². The number of nitrogens with one attached hydrogen (secondary N) is 1. The number of carbonyl (C=O) groups is 2. The molecule has 0 radical (unpaired) electrons. The smallest absolute Gasteiger partial charge is 0.255 e. The van der Waals surface area contributed by atoms with Crippen molar-refractivity contribution in [1.82, 2.24) is 15.1 Å². The van der Waals surface area contributed by atoms with E-state index in [1.54, 1.807) is 11.9 Å². The largest absolute Gasteiger partial charge is 0.339 e. The van der Waals surface area contributed by atoms with Crippen molar-refractivity contribution in [2.24, 2.45) is 0 Å². The van der Waals surface area contributed by atoms with Crippen molar-refractivity contribution in [3.63, 3.8) is 0 Å². The number of nitrogens with zero attached hydrogens (tertiary/aromatic N) is 2. The van der Waals surface area contributed by atoms with Crippen molar-refractivity contribution in [2.75, 3.05) is 39.8 Å². The molecule has 1 aromatic heterocycles. The third-order valence-electron chi connectivity index (χ3n) is 3.27. The number of hydrogen-bond donors (Lipinski definition) is 1. The molecule has 0 aromatic carbocycles. The van der Waals surface area contributed by atoms with Gasteiger partial charge in [0.1, 0.15) is 0 Å². The number of hydrogen-bond acceptors (Lipinski definition) is 4. The van der Waals surface area contributed by atoms with Crippen molar-refractivity contribution >= 4 is 35.6 Å². The Balaban J connectivity index is 0.00000200. The number of amides is 2. The summed E-state index contributed by atoms with van der Waals surface area (Å²) in [6.45, 7) is 5.15.